The minimum absolute atomic E-state index is 0.0534. The highest BCUT2D eigenvalue weighted by Gasteiger charge is 2.31. The van der Waals surface area contributed by atoms with Gasteiger partial charge in [-0.1, -0.05) is 0 Å². The number of rotatable bonds is 1. The van der Waals surface area contributed by atoms with E-state index in [4.69, 9.17) is 5.73 Å². The van der Waals surface area contributed by atoms with Crippen molar-refractivity contribution < 1.29 is 0 Å². The normalized spacial score (nSPS) is 23.6. The number of aromatic nitrogens is 3. The van der Waals surface area contributed by atoms with Crippen molar-refractivity contribution in [3.8, 4) is 11.3 Å². The van der Waals surface area contributed by atoms with E-state index in [9.17, 15) is 4.79 Å². The molecule has 2 atom stereocenters. The average Bonchev–Trinajstić information content (AvgIpc) is 2.49. The van der Waals surface area contributed by atoms with Crippen molar-refractivity contribution in [1.29, 1.82) is 0 Å². The quantitative estimate of drug-likeness (QED) is 0.800. The van der Waals surface area contributed by atoms with Gasteiger partial charge in [0.2, 0.25) is 0 Å². The summed E-state index contributed by atoms with van der Waals surface area (Å²) in [5.41, 5.74) is 8.24. The van der Waals surface area contributed by atoms with Crippen molar-refractivity contribution >= 4 is 5.82 Å². The third-order valence-electron chi connectivity index (χ3n) is 4.43. The van der Waals surface area contributed by atoms with E-state index in [2.05, 4.69) is 21.4 Å². The van der Waals surface area contributed by atoms with Crippen LogP contribution in [0.25, 0.3) is 11.3 Å². The Morgan fingerprint density at radius 2 is 2.14 bits per heavy atom. The molecule has 6 nitrogen and oxygen atoms in total. The lowest BCUT2D eigenvalue weighted by Gasteiger charge is -2.37. The van der Waals surface area contributed by atoms with E-state index >= 15 is 0 Å². The van der Waals surface area contributed by atoms with Crippen molar-refractivity contribution in [2.75, 3.05) is 18.8 Å². The fourth-order valence-corrected chi connectivity index (χ4v) is 3.44. The second-order valence-corrected chi connectivity index (χ2v) is 5.90. The Morgan fingerprint density at radius 1 is 1.24 bits per heavy atom. The van der Waals surface area contributed by atoms with E-state index < -0.39 is 0 Å². The fraction of sp³-hybridized carbons (Fsp3) is 0.400. The largest absolute Gasteiger partial charge is 0.382 e. The number of nitrogens with zero attached hydrogens (tertiary/aromatic N) is 3. The first-order chi connectivity index (χ1) is 10.2. The maximum absolute atomic E-state index is 12.4. The molecule has 0 saturated carbocycles. The van der Waals surface area contributed by atoms with Gasteiger partial charge in [-0.05, 0) is 24.9 Å². The van der Waals surface area contributed by atoms with Gasteiger partial charge in [0.1, 0.15) is 5.82 Å². The Morgan fingerprint density at radius 3 is 2.95 bits per heavy atom. The highest BCUT2D eigenvalue weighted by atomic mass is 16.1. The van der Waals surface area contributed by atoms with Crippen LogP contribution >= 0.6 is 0 Å². The summed E-state index contributed by atoms with van der Waals surface area (Å²) in [6.07, 6.45) is 4.29. The first-order valence-electron chi connectivity index (χ1n) is 7.24. The number of nitrogen functional groups attached to an aromatic ring is 1. The monoisotopic (exact) mass is 283 g/mol. The van der Waals surface area contributed by atoms with E-state index in [0.29, 0.717) is 23.3 Å². The van der Waals surface area contributed by atoms with E-state index in [0.717, 1.165) is 37.3 Å². The third kappa shape index (κ3) is 2.12. The van der Waals surface area contributed by atoms with Gasteiger partial charge in [0.05, 0.1) is 18.1 Å². The number of pyridine rings is 1. The predicted molar refractivity (Wildman–Crippen MR) is 79.9 cm³/mol. The molecular formula is C15H17N5O. The molecule has 0 spiro atoms. The van der Waals surface area contributed by atoms with Crippen LogP contribution in [0.1, 0.15) is 18.0 Å². The molecule has 6 heteroatoms. The van der Waals surface area contributed by atoms with Gasteiger partial charge in [-0.25, -0.2) is 4.98 Å². The third-order valence-corrected chi connectivity index (χ3v) is 4.43. The molecular weight excluding hydrogens is 266 g/mol. The standard InChI is InChI=1S/C15H17N5O/c16-14-7-18-12(6-19-14)10-2-13-11-1-9(4-17-5-11)8-20(13)15(21)3-10/h2-3,6-7,9,11,17H,1,4-5,8H2,(H2,16,19)/t9-,11+/m0/s1. The van der Waals surface area contributed by atoms with Crippen LogP contribution in [-0.2, 0) is 6.54 Å². The molecule has 0 aromatic carbocycles. The van der Waals surface area contributed by atoms with Crippen LogP contribution in [0.4, 0.5) is 5.82 Å². The lowest BCUT2D eigenvalue weighted by Crippen LogP contribution is -2.44. The van der Waals surface area contributed by atoms with Gasteiger partial charge in [0, 0.05) is 36.3 Å². The molecule has 0 radical (unpaired) electrons. The molecule has 21 heavy (non-hydrogen) atoms. The molecule has 1 saturated heterocycles. The van der Waals surface area contributed by atoms with Gasteiger partial charge in [0.25, 0.3) is 5.56 Å². The van der Waals surface area contributed by atoms with Gasteiger partial charge in [0.15, 0.2) is 0 Å². The summed E-state index contributed by atoms with van der Waals surface area (Å²) < 4.78 is 1.92. The van der Waals surface area contributed by atoms with Crippen LogP contribution in [0.15, 0.2) is 29.3 Å². The van der Waals surface area contributed by atoms with Crippen LogP contribution in [-0.4, -0.2) is 27.6 Å². The van der Waals surface area contributed by atoms with Crippen LogP contribution in [0.2, 0.25) is 0 Å². The molecule has 0 unspecified atom stereocenters. The Balaban J connectivity index is 1.83. The van der Waals surface area contributed by atoms with Gasteiger partial charge >= 0.3 is 0 Å². The lowest BCUT2D eigenvalue weighted by atomic mass is 9.83. The molecule has 2 bridgehead atoms. The highest BCUT2D eigenvalue weighted by Crippen LogP contribution is 2.33. The van der Waals surface area contributed by atoms with Gasteiger partial charge in [-0.2, -0.15) is 0 Å². The molecule has 3 N–H and O–H groups in total. The van der Waals surface area contributed by atoms with Crippen LogP contribution in [0, 0.1) is 5.92 Å². The van der Waals surface area contributed by atoms with Gasteiger partial charge in [-0.3, -0.25) is 9.78 Å². The van der Waals surface area contributed by atoms with E-state index in [1.165, 1.54) is 6.20 Å². The number of anilines is 1. The Labute approximate surface area is 122 Å². The maximum Gasteiger partial charge on any atom is 0.251 e. The van der Waals surface area contributed by atoms with Crippen molar-refractivity contribution in [2.24, 2.45) is 5.92 Å². The molecule has 2 aromatic heterocycles. The summed E-state index contributed by atoms with van der Waals surface area (Å²) in [5, 5.41) is 3.45. The van der Waals surface area contributed by atoms with Crippen LogP contribution in [0.3, 0.4) is 0 Å². The molecule has 0 amide bonds. The number of hydrogen-bond donors (Lipinski definition) is 2. The Kier molecular flexibility index (Phi) is 2.78. The first kappa shape index (κ1) is 12.5. The van der Waals surface area contributed by atoms with Crippen molar-refractivity contribution in [1.82, 2.24) is 19.9 Å². The molecule has 0 aliphatic carbocycles. The smallest absolute Gasteiger partial charge is 0.251 e. The summed E-state index contributed by atoms with van der Waals surface area (Å²) in [5.74, 6) is 1.36. The van der Waals surface area contributed by atoms with E-state index in [1.807, 2.05) is 4.57 Å². The second kappa shape index (κ2) is 4.66. The molecule has 2 aliphatic rings. The average molecular weight is 283 g/mol. The van der Waals surface area contributed by atoms with Crippen molar-refractivity contribution in [3.63, 3.8) is 0 Å². The van der Waals surface area contributed by atoms with Crippen LogP contribution in [0.5, 0.6) is 0 Å². The predicted octanol–water partition coefficient (Wildman–Crippen LogP) is 0.594. The number of nitrogens with two attached hydrogens (primary N) is 1. The Hall–Kier alpha value is -2.21. The zero-order chi connectivity index (χ0) is 14.4. The minimum atomic E-state index is 0.0534. The zero-order valence-corrected chi connectivity index (χ0v) is 11.6. The number of piperidine rings is 1. The molecule has 2 aromatic rings. The number of fused-ring (bicyclic) bond motifs is 4. The molecule has 2 aliphatic heterocycles. The number of hydrogen-bond acceptors (Lipinski definition) is 5. The molecule has 1 fully saturated rings. The molecule has 4 heterocycles. The highest BCUT2D eigenvalue weighted by molar-refractivity contribution is 5.59. The minimum Gasteiger partial charge on any atom is -0.382 e. The topological polar surface area (TPSA) is 85.8 Å². The van der Waals surface area contributed by atoms with Crippen molar-refractivity contribution in [2.45, 2.75) is 18.9 Å². The molecule has 108 valence electrons. The van der Waals surface area contributed by atoms with Gasteiger partial charge < -0.3 is 15.6 Å². The SMILES string of the molecule is Nc1cnc(-c2cc3n(c(=O)c2)C[C@@H]2CNC[C@H]3C2)cn1. The first-order valence-corrected chi connectivity index (χ1v) is 7.24. The summed E-state index contributed by atoms with van der Waals surface area (Å²) in [6, 6.07) is 3.73. The summed E-state index contributed by atoms with van der Waals surface area (Å²) in [6.45, 7) is 2.76. The lowest BCUT2D eigenvalue weighted by molar-refractivity contribution is 0.257. The van der Waals surface area contributed by atoms with Crippen LogP contribution < -0.4 is 16.6 Å². The maximum atomic E-state index is 12.4. The summed E-state index contributed by atoms with van der Waals surface area (Å²) in [7, 11) is 0. The second-order valence-electron chi connectivity index (χ2n) is 5.90. The molecule has 4 rings (SSSR count). The van der Waals surface area contributed by atoms with Crippen molar-refractivity contribution in [3.05, 3.63) is 40.6 Å². The fourth-order valence-electron chi connectivity index (χ4n) is 3.44. The van der Waals surface area contributed by atoms with E-state index in [-0.39, 0.29) is 5.56 Å². The summed E-state index contributed by atoms with van der Waals surface area (Å²) in [4.78, 5) is 20.7. The number of nitrogens with one attached hydrogen (secondary N) is 1. The Bertz CT molecular complexity index is 737. The van der Waals surface area contributed by atoms with Gasteiger partial charge in [-0.15, -0.1) is 0 Å². The summed E-state index contributed by atoms with van der Waals surface area (Å²) >= 11 is 0. The van der Waals surface area contributed by atoms with E-state index in [1.54, 1.807) is 12.3 Å². The zero-order valence-electron chi connectivity index (χ0n) is 11.6.